The predicted molar refractivity (Wildman–Crippen MR) is 110 cm³/mol. The van der Waals surface area contributed by atoms with Gasteiger partial charge in [-0.15, -0.1) is 0 Å². The van der Waals surface area contributed by atoms with Gasteiger partial charge in [-0.2, -0.15) is 0 Å². The third-order valence-corrected chi connectivity index (χ3v) is 5.09. The molecule has 2 aliphatic rings. The van der Waals surface area contributed by atoms with E-state index in [2.05, 4.69) is 15.6 Å². The predicted octanol–water partition coefficient (Wildman–Crippen LogP) is 1.01. The van der Waals surface area contributed by atoms with Gasteiger partial charge in [0.15, 0.2) is 5.96 Å². The summed E-state index contributed by atoms with van der Waals surface area (Å²) in [4.78, 5) is 17.8. The molecule has 28 heavy (non-hydrogen) atoms. The lowest BCUT2D eigenvalue weighted by atomic mass is 10.0. The van der Waals surface area contributed by atoms with Crippen LogP contribution in [0.1, 0.15) is 38.5 Å². The lowest BCUT2D eigenvalue weighted by molar-refractivity contribution is -0.127. The van der Waals surface area contributed by atoms with Gasteiger partial charge in [-0.1, -0.05) is 0 Å². The highest BCUT2D eigenvalue weighted by Gasteiger charge is 2.15. The summed E-state index contributed by atoms with van der Waals surface area (Å²) in [5, 5.41) is 6.62. The molecule has 1 amide bonds. The van der Waals surface area contributed by atoms with E-state index < -0.39 is 0 Å². The standard InChI is InChI=1S/C20H38N4O4/c1-24(2)19(25)15-23-20(22-14-18-6-3-4-11-28-18)21-9-5-10-27-16-17-7-12-26-13-8-17/h17-18H,3-16H2,1-2H3,(H2,21,22,23). The molecule has 0 radical (unpaired) electrons. The summed E-state index contributed by atoms with van der Waals surface area (Å²) < 4.78 is 16.9. The Morgan fingerprint density at radius 1 is 1.14 bits per heavy atom. The third-order valence-electron chi connectivity index (χ3n) is 5.09. The number of rotatable bonds is 10. The second-order valence-corrected chi connectivity index (χ2v) is 7.73. The number of carbonyl (C=O) groups excluding carboxylic acids is 1. The molecule has 8 nitrogen and oxygen atoms in total. The molecular formula is C20H38N4O4. The number of hydrogen-bond donors (Lipinski definition) is 2. The Hall–Kier alpha value is -1.38. The van der Waals surface area contributed by atoms with E-state index in [0.29, 0.717) is 18.4 Å². The highest BCUT2D eigenvalue weighted by atomic mass is 16.5. The third kappa shape index (κ3) is 9.71. The first kappa shape index (κ1) is 22.9. The maximum atomic E-state index is 11.8. The Morgan fingerprint density at radius 3 is 2.68 bits per heavy atom. The van der Waals surface area contributed by atoms with Gasteiger partial charge in [-0.3, -0.25) is 4.79 Å². The fourth-order valence-electron chi connectivity index (χ4n) is 3.19. The van der Waals surface area contributed by atoms with E-state index in [1.54, 1.807) is 19.0 Å². The van der Waals surface area contributed by atoms with Crippen LogP contribution in [0, 0.1) is 5.92 Å². The molecule has 162 valence electrons. The number of ether oxygens (including phenoxy) is 3. The van der Waals surface area contributed by atoms with Crippen molar-refractivity contribution in [3.05, 3.63) is 0 Å². The van der Waals surface area contributed by atoms with Gasteiger partial charge in [0.05, 0.1) is 6.10 Å². The van der Waals surface area contributed by atoms with Crippen molar-refractivity contribution >= 4 is 11.9 Å². The highest BCUT2D eigenvalue weighted by molar-refractivity contribution is 5.84. The van der Waals surface area contributed by atoms with Gasteiger partial charge in [0.1, 0.15) is 6.54 Å². The van der Waals surface area contributed by atoms with Gasteiger partial charge in [0.2, 0.25) is 5.91 Å². The quantitative estimate of drug-likeness (QED) is 0.325. The molecule has 0 bridgehead atoms. The largest absolute Gasteiger partial charge is 0.381 e. The second kappa shape index (κ2) is 13.7. The fraction of sp³-hybridized carbons (Fsp3) is 0.900. The summed E-state index contributed by atoms with van der Waals surface area (Å²) in [6.07, 6.45) is 6.72. The molecule has 2 rings (SSSR count). The Labute approximate surface area is 169 Å². The van der Waals surface area contributed by atoms with Crippen LogP contribution in [0.2, 0.25) is 0 Å². The van der Waals surface area contributed by atoms with Crippen LogP contribution in [0.15, 0.2) is 4.99 Å². The Kier molecular flexibility index (Phi) is 11.2. The smallest absolute Gasteiger partial charge is 0.243 e. The van der Waals surface area contributed by atoms with Crippen molar-refractivity contribution in [1.82, 2.24) is 15.5 Å². The van der Waals surface area contributed by atoms with E-state index in [-0.39, 0.29) is 18.6 Å². The van der Waals surface area contributed by atoms with Gasteiger partial charge in [0, 0.05) is 60.2 Å². The molecule has 0 aromatic rings. The zero-order chi connectivity index (χ0) is 20.0. The van der Waals surface area contributed by atoms with Crippen LogP contribution >= 0.6 is 0 Å². The molecule has 2 N–H and O–H groups in total. The summed E-state index contributed by atoms with van der Waals surface area (Å²) >= 11 is 0. The lowest BCUT2D eigenvalue weighted by Crippen LogP contribution is -2.43. The highest BCUT2D eigenvalue weighted by Crippen LogP contribution is 2.14. The van der Waals surface area contributed by atoms with Crippen LogP contribution in [0.4, 0.5) is 0 Å². The Morgan fingerprint density at radius 2 is 1.96 bits per heavy atom. The van der Waals surface area contributed by atoms with Crippen LogP contribution in [0.5, 0.6) is 0 Å². The minimum atomic E-state index is -0.0187. The fourth-order valence-corrected chi connectivity index (χ4v) is 3.19. The maximum Gasteiger partial charge on any atom is 0.243 e. The van der Waals surface area contributed by atoms with Crippen LogP contribution < -0.4 is 10.6 Å². The van der Waals surface area contributed by atoms with Gasteiger partial charge >= 0.3 is 0 Å². The zero-order valence-electron chi connectivity index (χ0n) is 17.6. The van der Waals surface area contributed by atoms with E-state index >= 15 is 0 Å². The molecule has 8 heteroatoms. The number of carbonyl (C=O) groups is 1. The van der Waals surface area contributed by atoms with Crippen LogP contribution in [0.25, 0.3) is 0 Å². The van der Waals surface area contributed by atoms with E-state index in [4.69, 9.17) is 14.2 Å². The maximum absolute atomic E-state index is 11.8. The average molecular weight is 399 g/mol. The van der Waals surface area contributed by atoms with Gasteiger partial charge in [0.25, 0.3) is 0 Å². The molecule has 2 aliphatic heterocycles. The summed E-state index contributed by atoms with van der Waals surface area (Å²) in [6, 6.07) is 0. The minimum Gasteiger partial charge on any atom is -0.381 e. The minimum absolute atomic E-state index is 0.0187. The number of nitrogens with zero attached hydrogens (tertiary/aromatic N) is 2. The van der Waals surface area contributed by atoms with E-state index in [1.807, 2.05) is 0 Å². The molecule has 0 aromatic carbocycles. The molecule has 0 saturated carbocycles. The van der Waals surface area contributed by atoms with Crippen molar-refractivity contribution in [1.29, 1.82) is 0 Å². The number of guanidine groups is 1. The molecular weight excluding hydrogens is 360 g/mol. The molecule has 0 spiro atoms. The molecule has 1 atom stereocenters. The average Bonchev–Trinajstić information content (AvgIpc) is 2.73. The topological polar surface area (TPSA) is 84.4 Å². The number of aliphatic imine (C=N–C) groups is 1. The van der Waals surface area contributed by atoms with Crippen LogP contribution in [0.3, 0.4) is 0 Å². The SMILES string of the molecule is CN(C)C(=O)CN=C(NCCCOCC1CCOCC1)NCC1CCCCO1. The molecule has 2 saturated heterocycles. The first-order valence-electron chi connectivity index (χ1n) is 10.6. The summed E-state index contributed by atoms with van der Waals surface area (Å²) in [5.74, 6) is 1.27. The summed E-state index contributed by atoms with van der Waals surface area (Å²) in [6.45, 7) is 5.68. The number of amides is 1. The molecule has 2 fully saturated rings. The number of hydrogen-bond acceptors (Lipinski definition) is 5. The van der Waals surface area contributed by atoms with E-state index in [9.17, 15) is 4.79 Å². The van der Waals surface area contributed by atoms with E-state index in [0.717, 1.165) is 71.7 Å². The molecule has 0 aliphatic carbocycles. The number of likely N-dealkylation sites (N-methyl/N-ethyl adjacent to an activating group) is 1. The zero-order valence-corrected chi connectivity index (χ0v) is 17.6. The van der Waals surface area contributed by atoms with E-state index in [1.165, 1.54) is 6.42 Å². The molecule has 0 aromatic heterocycles. The first-order valence-corrected chi connectivity index (χ1v) is 10.6. The van der Waals surface area contributed by atoms with Crippen molar-refractivity contribution < 1.29 is 19.0 Å². The summed E-state index contributed by atoms with van der Waals surface area (Å²) in [5.41, 5.74) is 0. The van der Waals surface area contributed by atoms with Gasteiger partial charge in [-0.05, 0) is 44.4 Å². The van der Waals surface area contributed by atoms with Crippen LogP contribution in [-0.4, -0.2) is 89.6 Å². The van der Waals surface area contributed by atoms with Gasteiger partial charge in [-0.25, -0.2) is 4.99 Å². The number of nitrogens with one attached hydrogen (secondary N) is 2. The molecule has 1 unspecified atom stereocenters. The van der Waals surface area contributed by atoms with Gasteiger partial charge < -0.3 is 29.7 Å². The normalized spacial score (nSPS) is 21.4. The van der Waals surface area contributed by atoms with Crippen LogP contribution in [-0.2, 0) is 19.0 Å². The van der Waals surface area contributed by atoms with Crippen molar-refractivity contribution in [2.75, 3.05) is 66.8 Å². The van der Waals surface area contributed by atoms with Crippen molar-refractivity contribution in [3.63, 3.8) is 0 Å². The first-order chi connectivity index (χ1) is 13.6. The molecule has 2 heterocycles. The summed E-state index contributed by atoms with van der Waals surface area (Å²) in [7, 11) is 3.48. The Bertz CT molecular complexity index is 461. The van der Waals surface area contributed by atoms with Crippen molar-refractivity contribution in [3.8, 4) is 0 Å². The lowest BCUT2D eigenvalue weighted by Gasteiger charge is -2.24. The van der Waals surface area contributed by atoms with Crippen molar-refractivity contribution in [2.24, 2.45) is 10.9 Å². The van der Waals surface area contributed by atoms with Crippen molar-refractivity contribution in [2.45, 2.75) is 44.6 Å². The Balaban J connectivity index is 1.65. The monoisotopic (exact) mass is 398 g/mol. The second-order valence-electron chi connectivity index (χ2n) is 7.73.